The van der Waals surface area contributed by atoms with E-state index in [1.807, 2.05) is 6.92 Å². The smallest absolute Gasteiger partial charge is 0.205 e. The van der Waals surface area contributed by atoms with E-state index in [4.69, 9.17) is 0 Å². The molecule has 0 saturated heterocycles. The molecular weight excluding hydrogens is 218 g/mol. The van der Waals surface area contributed by atoms with Gasteiger partial charge in [0, 0.05) is 25.9 Å². The quantitative estimate of drug-likeness (QED) is 0.695. The molecule has 0 aliphatic carbocycles. The van der Waals surface area contributed by atoms with Crippen molar-refractivity contribution in [3.63, 3.8) is 0 Å². The van der Waals surface area contributed by atoms with E-state index in [0.717, 1.165) is 12.2 Å². The maximum atomic E-state index is 4.43. The van der Waals surface area contributed by atoms with Crippen molar-refractivity contribution in [1.29, 1.82) is 0 Å². The molecule has 3 heterocycles. The van der Waals surface area contributed by atoms with Crippen LogP contribution in [0, 0.1) is 0 Å². The van der Waals surface area contributed by atoms with Gasteiger partial charge in [0.05, 0.1) is 0 Å². The Kier molecular flexibility index (Phi) is 2.10. The van der Waals surface area contributed by atoms with Crippen LogP contribution < -0.4 is 5.32 Å². The summed E-state index contributed by atoms with van der Waals surface area (Å²) in [7, 11) is 1.80. The van der Waals surface area contributed by atoms with E-state index in [9.17, 15) is 0 Å². The van der Waals surface area contributed by atoms with Gasteiger partial charge in [0.2, 0.25) is 5.65 Å². The van der Waals surface area contributed by atoms with Crippen LogP contribution in [-0.4, -0.2) is 36.8 Å². The first-order chi connectivity index (χ1) is 8.35. The molecule has 7 heteroatoms. The minimum atomic E-state index is 0.643. The van der Waals surface area contributed by atoms with Crippen LogP contribution in [0.5, 0.6) is 0 Å². The van der Waals surface area contributed by atoms with Gasteiger partial charge in [0.25, 0.3) is 0 Å². The SMILES string of the molecule is CCc1nnc2c3nccnc3c(NC)nn12. The van der Waals surface area contributed by atoms with Gasteiger partial charge >= 0.3 is 0 Å². The average molecular weight is 229 g/mol. The summed E-state index contributed by atoms with van der Waals surface area (Å²) in [6, 6.07) is 0. The fourth-order valence-corrected chi connectivity index (χ4v) is 1.78. The maximum Gasteiger partial charge on any atom is 0.205 e. The molecule has 0 unspecified atom stereocenters. The van der Waals surface area contributed by atoms with Gasteiger partial charge in [0.15, 0.2) is 11.6 Å². The van der Waals surface area contributed by atoms with E-state index < -0.39 is 0 Å². The predicted molar refractivity (Wildman–Crippen MR) is 62.8 cm³/mol. The molecule has 0 radical (unpaired) electrons. The van der Waals surface area contributed by atoms with Crippen molar-refractivity contribution in [2.45, 2.75) is 13.3 Å². The number of nitrogens with one attached hydrogen (secondary N) is 1. The van der Waals surface area contributed by atoms with Crippen LogP contribution in [0.3, 0.4) is 0 Å². The Labute approximate surface area is 96.9 Å². The summed E-state index contributed by atoms with van der Waals surface area (Å²) in [4.78, 5) is 8.57. The topological polar surface area (TPSA) is 80.9 Å². The van der Waals surface area contributed by atoms with Crippen molar-refractivity contribution in [3.05, 3.63) is 18.2 Å². The molecule has 0 aliphatic rings. The zero-order valence-corrected chi connectivity index (χ0v) is 9.55. The van der Waals surface area contributed by atoms with Crippen molar-refractivity contribution >= 4 is 22.5 Å². The van der Waals surface area contributed by atoms with Gasteiger partial charge in [0.1, 0.15) is 11.0 Å². The summed E-state index contributed by atoms with van der Waals surface area (Å²) in [5.41, 5.74) is 2.06. The van der Waals surface area contributed by atoms with Gasteiger partial charge in [-0.1, -0.05) is 6.92 Å². The highest BCUT2D eigenvalue weighted by atomic mass is 15.4. The lowest BCUT2D eigenvalue weighted by atomic mass is 10.4. The Morgan fingerprint density at radius 2 is 1.94 bits per heavy atom. The van der Waals surface area contributed by atoms with Crippen LogP contribution in [0.25, 0.3) is 16.7 Å². The van der Waals surface area contributed by atoms with Crippen molar-refractivity contribution in [3.8, 4) is 0 Å². The molecule has 86 valence electrons. The van der Waals surface area contributed by atoms with E-state index >= 15 is 0 Å². The highest BCUT2D eigenvalue weighted by molar-refractivity contribution is 5.93. The molecule has 0 spiro atoms. The molecule has 0 bridgehead atoms. The Morgan fingerprint density at radius 3 is 2.65 bits per heavy atom. The summed E-state index contributed by atoms with van der Waals surface area (Å²) in [6.07, 6.45) is 4.05. The number of rotatable bonds is 2. The van der Waals surface area contributed by atoms with E-state index in [1.54, 1.807) is 24.0 Å². The van der Waals surface area contributed by atoms with Crippen LogP contribution in [0.1, 0.15) is 12.7 Å². The molecule has 0 aromatic carbocycles. The normalized spacial score (nSPS) is 11.2. The van der Waals surface area contributed by atoms with Gasteiger partial charge in [-0.15, -0.1) is 15.3 Å². The standard InChI is InChI=1S/C10H11N7/c1-3-6-14-15-10-8-7(12-4-5-13-8)9(11-2)16-17(6)10/h4-5H,3H2,1-2H3,(H,11,16). The highest BCUT2D eigenvalue weighted by Crippen LogP contribution is 2.20. The number of nitrogens with zero attached hydrogens (tertiary/aromatic N) is 6. The minimum absolute atomic E-state index is 0.643. The molecule has 0 fully saturated rings. The Hall–Kier alpha value is -2.31. The number of hydrogen-bond donors (Lipinski definition) is 1. The third-order valence-electron chi connectivity index (χ3n) is 2.59. The first kappa shape index (κ1) is 9.88. The Morgan fingerprint density at radius 1 is 1.18 bits per heavy atom. The second-order valence-electron chi connectivity index (χ2n) is 3.56. The van der Waals surface area contributed by atoms with Crippen molar-refractivity contribution < 1.29 is 0 Å². The van der Waals surface area contributed by atoms with Crippen LogP contribution in [-0.2, 0) is 6.42 Å². The molecule has 17 heavy (non-hydrogen) atoms. The van der Waals surface area contributed by atoms with E-state index in [0.29, 0.717) is 22.5 Å². The van der Waals surface area contributed by atoms with Crippen LogP contribution in [0.15, 0.2) is 12.4 Å². The lowest BCUT2D eigenvalue weighted by molar-refractivity contribution is 0.828. The molecule has 7 nitrogen and oxygen atoms in total. The monoisotopic (exact) mass is 229 g/mol. The second-order valence-corrected chi connectivity index (χ2v) is 3.56. The zero-order valence-electron chi connectivity index (χ0n) is 9.55. The zero-order chi connectivity index (χ0) is 11.8. The van der Waals surface area contributed by atoms with E-state index in [2.05, 4.69) is 30.6 Å². The Bertz CT molecular complexity index is 687. The number of aromatic nitrogens is 6. The van der Waals surface area contributed by atoms with E-state index in [-0.39, 0.29) is 0 Å². The molecule has 3 rings (SSSR count). The molecule has 0 aliphatic heterocycles. The lowest BCUT2D eigenvalue weighted by Crippen LogP contribution is -2.04. The largest absolute Gasteiger partial charge is 0.370 e. The van der Waals surface area contributed by atoms with E-state index in [1.165, 1.54) is 0 Å². The predicted octanol–water partition coefficient (Wildman–Crippen LogP) is 0.672. The summed E-state index contributed by atoms with van der Waals surface area (Å²) in [5, 5.41) is 15.7. The summed E-state index contributed by atoms with van der Waals surface area (Å²) in [6.45, 7) is 2.01. The molecule has 0 amide bonds. The summed E-state index contributed by atoms with van der Waals surface area (Å²) in [5.74, 6) is 1.49. The van der Waals surface area contributed by atoms with Crippen LogP contribution in [0.2, 0.25) is 0 Å². The van der Waals surface area contributed by atoms with Gasteiger partial charge in [-0.2, -0.15) is 4.52 Å². The fourth-order valence-electron chi connectivity index (χ4n) is 1.78. The molecule has 3 aromatic heterocycles. The summed E-state index contributed by atoms with van der Waals surface area (Å²) >= 11 is 0. The van der Waals surface area contributed by atoms with Crippen molar-refractivity contribution in [2.24, 2.45) is 0 Å². The number of fused-ring (bicyclic) bond motifs is 3. The number of anilines is 1. The van der Waals surface area contributed by atoms with Gasteiger partial charge in [-0.05, 0) is 0 Å². The fraction of sp³-hybridized carbons (Fsp3) is 0.300. The first-order valence-electron chi connectivity index (χ1n) is 5.38. The van der Waals surface area contributed by atoms with Gasteiger partial charge in [-0.25, -0.2) is 9.97 Å². The van der Waals surface area contributed by atoms with Gasteiger partial charge < -0.3 is 5.32 Å². The molecule has 3 aromatic rings. The number of aryl methyl sites for hydroxylation is 1. The third-order valence-corrected chi connectivity index (χ3v) is 2.59. The molecule has 0 saturated carbocycles. The molecule has 1 N–H and O–H groups in total. The first-order valence-corrected chi connectivity index (χ1v) is 5.38. The van der Waals surface area contributed by atoms with Gasteiger partial charge in [-0.3, -0.25) is 0 Å². The second kappa shape index (κ2) is 3.62. The third kappa shape index (κ3) is 1.32. The molecule has 0 atom stereocenters. The maximum absolute atomic E-state index is 4.43. The lowest BCUT2D eigenvalue weighted by Gasteiger charge is -2.04. The number of hydrogen-bond acceptors (Lipinski definition) is 6. The van der Waals surface area contributed by atoms with Crippen molar-refractivity contribution in [1.82, 2.24) is 29.8 Å². The van der Waals surface area contributed by atoms with Crippen LogP contribution >= 0.6 is 0 Å². The summed E-state index contributed by atoms with van der Waals surface area (Å²) < 4.78 is 1.71. The minimum Gasteiger partial charge on any atom is -0.370 e. The highest BCUT2D eigenvalue weighted by Gasteiger charge is 2.13. The average Bonchev–Trinajstić information content (AvgIpc) is 2.80. The molecular formula is C10H11N7. The van der Waals surface area contributed by atoms with Crippen molar-refractivity contribution in [2.75, 3.05) is 12.4 Å². The van der Waals surface area contributed by atoms with Crippen LogP contribution in [0.4, 0.5) is 5.82 Å². The Balaban J connectivity index is 2.51.